The number of carbonyl (C=O) groups excluding carboxylic acids is 1. The van der Waals surface area contributed by atoms with Crippen LogP contribution in [-0.4, -0.2) is 51.4 Å². The zero-order valence-electron chi connectivity index (χ0n) is 14.6. The van der Waals surface area contributed by atoms with Crippen LogP contribution in [0.2, 0.25) is 0 Å². The number of likely N-dealkylation sites (tertiary alicyclic amines) is 1. The molecule has 136 valence electrons. The molecule has 0 aliphatic carbocycles. The van der Waals surface area contributed by atoms with Gasteiger partial charge in [-0.3, -0.25) is 9.78 Å². The maximum atomic E-state index is 13.0. The van der Waals surface area contributed by atoms with E-state index in [-0.39, 0.29) is 11.9 Å². The van der Waals surface area contributed by atoms with Crippen LogP contribution in [0, 0.1) is 11.7 Å². The van der Waals surface area contributed by atoms with Crippen molar-refractivity contribution in [2.75, 3.05) is 24.5 Å². The minimum atomic E-state index is -0.424. The number of fused-ring (bicyclic) bond motifs is 1. The Kier molecular flexibility index (Phi) is 4.77. The Morgan fingerprint density at radius 2 is 2.00 bits per heavy atom. The monoisotopic (exact) mass is 355 g/mol. The highest BCUT2D eigenvalue weighted by atomic mass is 19.1. The largest absolute Gasteiger partial charge is 0.340 e. The highest BCUT2D eigenvalue weighted by molar-refractivity contribution is 5.77. The Labute approximate surface area is 152 Å². The van der Waals surface area contributed by atoms with Gasteiger partial charge in [0.05, 0.1) is 12.4 Å². The van der Waals surface area contributed by atoms with E-state index in [1.165, 1.54) is 12.4 Å². The standard InChI is InChI=1S/C19H22FN5O/c20-15-11-22-19(23-12-15)24-9-7-17-14(13-24)4-5-18(26)25(17)10-6-16-3-1-2-8-21-16/h1-3,8,11-12,14,17H,4-7,9-10,13H2/t14-,17+/m0/s1. The summed E-state index contributed by atoms with van der Waals surface area (Å²) in [6, 6.07) is 6.14. The van der Waals surface area contributed by atoms with Crippen LogP contribution in [-0.2, 0) is 11.2 Å². The van der Waals surface area contributed by atoms with E-state index < -0.39 is 5.82 Å². The van der Waals surface area contributed by atoms with E-state index in [1.807, 2.05) is 23.1 Å². The van der Waals surface area contributed by atoms with Crippen LogP contribution >= 0.6 is 0 Å². The normalized spacial score (nSPS) is 23.0. The lowest BCUT2D eigenvalue weighted by molar-refractivity contribution is -0.139. The van der Waals surface area contributed by atoms with E-state index in [1.54, 1.807) is 6.20 Å². The molecule has 2 fully saturated rings. The fraction of sp³-hybridized carbons (Fsp3) is 0.474. The van der Waals surface area contributed by atoms with Gasteiger partial charge in [-0.1, -0.05) is 6.07 Å². The summed E-state index contributed by atoms with van der Waals surface area (Å²) in [4.78, 5) is 29.2. The molecule has 0 saturated carbocycles. The number of nitrogens with zero attached hydrogens (tertiary/aromatic N) is 5. The molecule has 0 N–H and O–H groups in total. The molecule has 2 atom stereocenters. The molecule has 4 heterocycles. The molecule has 2 saturated heterocycles. The highest BCUT2D eigenvalue weighted by Gasteiger charge is 2.39. The van der Waals surface area contributed by atoms with Crippen LogP contribution in [0.15, 0.2) is 36.8 Å². The number of rotatable bonds is 4. The number of aromatic nitrogens is 3. The third-order valence-electron chi connectivity index (χ3n) is 5.37. The topological polar surface area (TPSA) is 62.2 Å². The van der Waals surface area contributed by atoms with Gasteiger partial charge < -0.3 is 9.80 Å². The van der Waals surface area contributed by atoms with Gasteiger partial charge in [-0.15, -0.1) is 0 Å². The molecule has 0 aromatic carbocycles. The van der Waals surface area contributed by atoms with Crippen LogP contribution < -0.4 is 4.90 Å². The predicted octanol–water partition coefficient (Wildman–Crippen LogP) is 2.07. The van der Waals surface area contributed by atoms with Crippen molar-refractivity contribution in [1.82, 2.24) is 19.9 Å². The van der Waals surface area contributed by atoms with Crippen molar-refractivity contribution in [3.8, 4) is 0 Å². The van der Waals surface area contributed by atoms with Gasteiger partial charge >= 0.3 is 0 Å². The minimum absolute atomic E-state index is 0.244. The maximum Gasteiger partial charge on any atom is 0.225 e. The molecule has 0 radical (unpaired) electrons. The van der Waals surface area contributed by atoms with Gasteiger partial charge in [0, 0.05) is 50.4 Å². The van der Waals surface area contributed by atoms with Crippen molar-refractivity contribution in [2.45, 2.75) is 31.7 Å². The van der Waals surface area contributed by atoms with E-state index in [2.05, 4.69) is 19.9 Å². The summed E-state index contributed by atoms with van der Waals surface area (Å²) in [5, 5.41) is 0. The first kappa shape index (κ1) is 16.9. The molecule has 4 rings (SSSR count). The average Bonchev–Trinajstić information content (AvgIpc) is 2.68. The van der Waals surface area contributed by atoms with Gasteiger partial charge in [0.2, 0.25) is 11.9 Å². The summed E-state index contributed by atoms with van der Waals surface area (Å²) >= 11 is 0. The Balaban J connectivity index is 1.42. The number of amides is 1. The highest BCUT2D eigenvalue weighted by Crippen LogP contribution is 2.32. The lowest BCUT2D eigenvalue weighted by atomic mass is 9.83. The zero-order valence-corrected chi connectivity index (χ0v) is 14.6. The third-order valence-corrected chi connectivity index (χ3v) is 5.37. The second-order valence-corrected chi connectivity index (χ2v) is 6.96. The Bertz CT molecular complexity index is 754. The second kappa shape index (κ2) is 7.35. The van der Waals surface area contributed by atoms with Crippen molar-refractivity contribution in [3.05, 3.63) is 48.3 Å². The lowest BCUT2D eigenvalue weighted by Gasteiger charge is -2.47. The summed E-state index contributed by atoms with van der Waals surface area (Å²) in [5.74, 6) is 0.793. The zero-order chi connectivity index (χ0) is 17.9. The van der Waals surface area contributed by atoms with Gasteiger partial charge in [0.1, 0.15) is 0 Å². The van der Waals surface area contributed by atoms with Gasteiger partial charge in [-0.25, -0.2) is 14.4 Å². The third kappa shape index (κ3) is 3.52. The van der Waals surface area contributed by atoms with E-state index in [4.69, 9.17) is 0 Å². The smallest absolute Gasteiger partial charge is 0.225 e. The molecule has 6 nitrogen and oxygen atoms in total. The van der Waals surface area contributed by atoms with Gasteiger partial charge in [-0.05, 0) is 30.9 Å². The minimum Gasteiger partial charge on any atom is -0.340 e. The van der Waals surface area contributed by atoms with E-state index in [0.29, 0.717) is 24.8 Å². The van der Waals surface area contributed by atoms with Crippen molar-refractivity contribution in [2.24, 2.45) is 5.92 Å². The number of halogens is 1. The lowest BCUT2D eigenvalue weighted by Crippen LogP contribution is -2.56. The Morgan fingerprint density at radius 3 is 2.77 bits per heavy atom. The summed E-state index contributed by atoms with van der Waals surface area (Å²) in [6.45, 7) is 2.30. The number of carbonyl (C=O) groups is 1. The molecular formula is C19H22FN5O. The van der Waals surface area contributed by atoms with Crippen LogP contribution in [0.5, 0.6) is 0 Å². The van der Waals surface area contributed by atoms with E-state index >= 15 is 0 Å². The van der Waals surface area contributed by atoms with Gasteiger partial charge in [0.15, 0.2) is 5.82 Å². The molecule has 0 spiro atoms. The predicted molar refractivity (Wildman–Crippen MR) is 95.0 cm³/mol. The first-order chi connectivity index (χ1) is 12.7. The quantitative estimate of drug-likeness (QED) is 0.840. The van der Waals surface area contributed by atoms with E-state index in [9.17, 15) is 9.18 Å². The van der Waals surface area contributed by atoms with Gasteiger partial charge in [-0.2, -0.15) is 0 Å². The Morgan fingerprint density at radius 1 is 1.15 bits per heavy atom. The SMILES string of the molecule is O=C1CC[C@H]2CN(c3ncc(F)cn3)CC[C@H]2N1CCc1ccccn1. The number of pyridine rings is 1. The van der Waals surface area contributed by atoms with Crippen LogP contribution in [0.1, 0.15) is 25.0 Å². The first-order valence-corrected chi connectivity index (χ1v) is 9.12. The van der Waals surface area contributed by atoms with Crippen molar-refractivity contribution >= 4 is 11.9 Å². The molecule has 2 aliphatic heterocycles. The van der Waals surface area contributed by atoms with Crippen LogP contribution in [0.3, 0.4) is 0 Å². The summed E-state index contributed by atoms with van der Waals surface area (Å²) in [5.41, 5.74) is 1.01. The molecule has 0 unspecified atom stereocenters. The summed E-state index contributed by atoms with van der Waals surface area (Å²) < 4.78 is 13.0. The average molecular weight is 355 g/mol. The van der Waals surface area contributed by atoms with Crippen molar-refractivity contribution in [3.63, 3.8) is 0 Å². The first-order valence-electron chi connectivity index (χ1n) is 9.12. The van der Waals surface area contributed by atoms with Crippen molar-refractivity contribution in [1.29, 1.82) is 0 Å². The molecule has 1 amide bonds. The maximum absolute atomic E-state index is 13.0. The molecule has 2 aromatic rings. The molecule has 2 aromatic heterocycles. The fourth-order valence-corrected chi connectivity index (χ4v) is 4.07. The Hall–Kier alpha value is -2.57. The fourth-order valence-electron chi connectivity index (χ4n) is 4.07. The van der Waals surface area contributed by atoms with Gasteiger partial charge in [0.25, 0.3) is 0 Å². The van der Waals surface area contributed by atoms with Crippen LogP contribution in [0.25, 0.3) is 0 Å². The number of piperidine rings is 2. The van der Waals surface area contributed by atoms with Crippen LogP contribution in [0.4, 0.5) is 10.3 Å². The summed E-state index contributed by atoms with van der Waals surface area (Å²) in [6.07, 6.45) is 7.34. The number of hydrogen-bond donors (Lipinski definition) is 0. The molecule has 7 heteroatoms. The number of hydrogen-bond acceptors (Lipinski definition) is 5. The molecule has 2 aliphatic rings. The molecular weight excluding hydrogens is 333 g/mol. The second-order valence-electron chi connectivity index (χ2n) is 6.96. The summed E-state index contributed by atoms with van der Waals surface area (Å²) in [7, 11) is 0. The van der Waals surface area contributed by atoms with Crippen molar-refractivity contribution < 1.29 is 9.18 Å². The molecule has 26 heavy (non-hydrogen) atoms. The van der Waals surface area contributed by atoms with E-state index in [0.717, 1.165) is 38.0 Å². The number of anilines is 1. The molecule has 0 bridgehead atoms.